The average molecular weight is 275 g/mol. The fourth-order valence-corrected chi connectivity index (χ4v) is 2.51. The molecule has 2 N–H and O–H groups in total. The van der Waals surface area contributed by atoms with Crippen molar-refractivity contribution in [1.29, 1.82) is 0 Å². The van der Waals surface area contributed by atoms with Crippen molar-refractivity contribution < 1.29 is 14.6 Å². The molecule has 1 rings (SSSR count). The summed E-state index contributed by atoms with van der Waals surface area (Å²) in [5.41, 5.74) is -0.258. The molecule has 0 unspecified atom stereocenters. The lowest BCUT2D eigenvalue weighted by Gasteiger charge is -2.31. The first-order valence-electron chi connectivity index (χ1n) is 6.08. The van der Waals surface area contributed by atoms with E-state index in [2.05, 4.69) is 0 Å². The fourth-order valence-electron chi connectivity index (χ4n) is 2.31. The largest absolute Gasteiger partial charge is 0.396 e. The summed E-state index contributed by atoms with van der Waals surface area (Å²) >= 11 is 5.85. The van der Waals surface area contributed by atoms with E-state index in [0.717, 1.165) is 0 Å². The van der Waals surface area contributed by atoms with Crippen LogP contribution in [-0.4, -0.2) is 23.4 Å². The first-order valence-corrected chi connectivity index (χ1v) is 6.46. The molecule has 0 aliphatic rings. The van der Waals surface area contributed by atoms with Crippen LogP contribution in [0.5, 0.6) is 0 Å². The number of rotatable bonds is 6. The molecule has 0 spiro atoms. The minimum atomic E-state index is -0.695. The molecule has 1 aromatic rings. The second kappa shape index (κ2) is 6.50. The van der Waals surface area contributed by atoms with Gasteiger partial charge < -0.3 is 10.2 Å². The summed E-state index contributed by atoms with van der Waals surface area (Å²) in [5, 5.41) is 19.5. The number of hydrogen-bond acceptors (Lipinski definition) is 2. The van der Waals surface area contributed by atoms with Crippen LogP contribution in [0.25, 0.3) is 0 Å². The Morgan fingerprint density at radius 3 is 2.39 bits per heavy atom. The van der Waals surface area contributed by atoms with Gasteiger partial charge in [0.15, 0.2) is 0 Å². The standard InChI is InChI=1S/C14H20ClFO2/c1-10(2)6-14(8-17,9-18)7-11-5-12(15)3-4-13(11)16/h3-5,10,17-18H,6-9H2,1-2H3. The van der Waals surface area contributed by atoms with E-state index in [1.165, 1.54) is 12.1 Å². The first-order chi connectivity index (χ1) is 8.42. The second-order valence-electron chi connectivity index (χ2n) is 5.33. The van der Waals surface area contributed by atoms with E-state index >= 15 is 0 Å². The maximum absolute atomic E-state index is 13.7. The molecule has 1 aromatic carbocycles. The van der Waals surface area contributed by atoms with E-state index in [-0.39, 0.29) is 25.5 Å². The lowest BCUT2D eigenvalue weighted by molar-refractivity contribution is 0.0363. The predicted molar refractivity (Wildman–Crippen MR) is 71.2 cm³/mol. The summed E-state index contributed by atoms with van der Waals surface area (Å²) in [6.07, 6.45) is 0.913. The third kappa shape index (κ3) is 3.94. The topological polar surface area (TPSA) is 40.5 Å². The zero-order valence-electron chi connectivity index (χ0n) is 10.8. The van der Waals surface area contributed by atoms with Gasteiger partial charge in [0.2, 0.25) is 0 Å². The Kier molecular flexibility index (Phi) is 5.57. The van der Waals surface area contributed by atoms with Crippen molar-refractivity contribution in [2.45, 2.75) is 26.7 Å². The molecule has 0 aliphatic heterocycles. The Hall–Kier alpha value is -0.640. The maximum Gasteiger partial charge on any atom is 0.126 e. The fraction of sp³-hybridized carbons (Fsp3) is 0.571. The van der Waals surface area contributed by atoms with E-state index in [0.29, 0.717) is 22.9 Å². The quantitative estimate of drug-likeness (QED) is 0.837. The SMILES string of the molecule is CC(C)CC(CO)(CO)Cc1cc(Cl)ccc1F. The normalized spacial score (nSPS) is 12.2. The zero-order valence-corrected chi connectivity index (χ0v) is 11.5. The van der Waals surface area contributed by atoms with Gasteiger partial charge in [0.05, 0.1) is 13.2 Å². The van der Waals surface area contributed by atoms with Crippen LogP contribution in [0.15, 0.2) is 18.2 Å². The number of benzene rings is 1. The highest BCUT2D eigenvalue weighted by molar-refractivity contribution is 6.30. The van der Waals surface area contributed by atoms with Crippen LogP contribution in [-0.2, 0) is 6.42 Å². The molecule has 102 valence electrons. The van der Waals surface area contributed by atoms with Gasteiger partial charge >= 0.3 is 0 Å². The Morgan fingerprint density at radius 1 is 1.28 bits per heavy atom. The Labute approximate surface area is 112 Å². The molecule has 0 amide bonds. The monoisotopic (exact) mass is 274 g/mol. The number of aliphatic hydroxyl groups is 2. The van der Waals surface area contributed by atoms with Crippen molar-refractivity contribution in [2.75, 3.05) is 13.2 Å². The van der Waals surface area contributed by atoms with E-state index in [4.69, 9.17) is 11.6 Å². The highest BCUT2D eigenvalue weighted by Crippen LogP contribution is 2.31. The molecule has 0 heterocycles. The van der Waals surface area contributed by atoms with Crippen molar-refractivity contribution >= 4 is 11.6 Å². The van der Waals surface area contributed by atoms with Crippen LogP contribution in [0.3, 0.4) is 0 Å². The highest BCUT2D eigenvalue weighted by Gasteiger charge is 2.31. The van der Waals surface area contributed by atoms with Gasteiger partial charge in [-0.3, -0.25) is 0 Å². The second-order valence-corrected chi connectivity index (χ2v) is 5.76. The van der Waals surface area contributed by atoms with Gasteiger partial charge in [-0.2, -0.15) is 0 Å². The first kappa shape index (κ1) is 15.4. The molecule has 0 fully saturated rings. The minimum Gasteiger partial charge on any atom is -0.396 e. The number of aliphatic hydroxyl groups excluding tert-OH is 2. The van der Waals surface area contributed by atoms with Gasteiger partial charge in [0.25, 0.3) is 0 Å². The van der Waals surface area contributed by atoms with Crippen LogP contribution >= 0.6 is 11.6 Å². The number of halogens is 2. The van der Waals surface area contributed by atoms with Crippen LogP contribution < -0.4 is 0 Å². The molecule has 0 atom stereocenters. The van der Waals surface area contributed by atoms with Crippen LogP contribution in [0.2, 0.25) is 5.02 Å². The molecule has 0 saturated carbocycles. The van der Waals surface area contributed by atoms with Gasteiger partial charge in [-0.15, -0.1) is 0 Å². The van der Waals surface area contributed by atoms with Crippen LogP contribution in [0.1, 0.15) is 25.8 Å². The number of hydrogen-bond donors (Lipinski definition) is 2. The highest BCUT2D eigenvalue weighted by atomic mass is 35.5. The lowest BCUT2D eigenvalue weighted by atomic mass is 9.76. The van der Waals surface area contributed by atoms with Gasteiger partial charge in [-0.25, -0.2) is 4.39 Å². The lowest BCUT2D eigenvalue weighted by Crippen LogP contribution is -2.34. The average Bonchev–Trinajstić information content (AvgIpc) is 2.32. The van der Waals surface area contributed by atoms with Crippen molar-refractivity contribution in [3.8, 4) is 0 Å². The molecule has 4 heteroatoms. The van der Waals surface area contributed by atoms with Crippen molar-refractivity contribution in [3.05, 3.63) is 34.6 Å². The van der Waals surface area contributed by atoms with E-state index in [9.17, 15) is 14.6 Å². The van der Waals surface area contributed by atoms with Gasteiger partial charge in [0, 0.05) is 10.4 Å². The van der Waals surface area contributed by atoms with Gasteiger partial charge in [-0.1, -0.05) is 25.4 Å². The summed E-state index contributed by atoms with van der Waals surface area (Å²) in [5.74, 6) is -0.0408. The van der Waals surface area contributed by atoms with E-state index < -0.39 is 5.41 Å². The zero-order chi connectivity index (χ0) is 13.8. The van der Waals surface area contributed by atoms with Crippen molar-refractivity contribution in [1.82, 2.24) is 0 Å². The maximum atomic E-state index is 13.7. The van der Waals surface area contributed by atoms with Gasteiger partial charge in [0.1, 0.15) is 5.82 Å². The summed E-state index contributed by atoms with van der Waals surface area (Å²) in [6, 6.07) is 4.35. The molecule has 18 heavy (non-hydrogen) atoms. The summed E-state index contributed by atoms with van der Waals surface area (Å²) < 4.78 is 13.7. The summed E-state index contributed by atoms with van der Waals surface area (Å²) in [6.45, 7) is 3.67. The molecule has 0 bridgehead atoms. The Bertz CT molecular complexity index is 389. The molecular weight excluding hydrogens is 255 g/mol. The van der Waals surface area contributed by atoms with Crippen LogP contribution in [0.4, 0.5) is 4.39 Å². The summed E-state index contributed by atoms with van der Waals surface area (Å²) in [7, 11) is 0. The Morgan fingerprint density at radius 2 is 1.89 bits per heavy atom. The molecule has 0 saturated heterocycles. The molecule has 0 radical (unpaired) electrons. The smallest absolute Gasteiger partial charge is 0.126 e. The Balaban J connectivity index is 2.98. The molecular formula is C14H20ClFO2. The van der Waals surface area contributed by atoms with Crippen LogP contribution in [0, 0.1) is 17.2 Å². The molecule has 0 aliphatic carbocycles. The van der Waals surface area contributed by atoms with Crippen molar-refractivity contribution in [2.24, 2.45) is 11.3 Å². The van der Waals surface area contributed by atoms with Gasteiger partial charge in [-0.05, 0) is 42.5 Å². The third-order valence-corrected chi connectivity index (χ3v) is 3.32. The third-order valence-electron chi connectivity index (χ3n) is 3.09. The van der Waals surface area contributed by atoms with Crippen molar-refractivity contribution in [3.63, 3.8) is 0 Å². The van der Waals surface area contributed by atoms with E-state index in [1.54, 1.807) is 6.07 Å². The molecule has 2 nitrogen and oxygen atoms in total. The molecule has 0 aromatic heterocycles. The van der Waals surface area contributed by atoms with E-state index in [1.807, 2.05) is 13.8 Å². The predicted octanol–water partition coefficient (Wildman–Crippen LogP) is 3.04. The summed E-state index contributed by atoms with van der Waals surface area (Å²) in [4.78, 5) is 0. The minimum absolute atomic E-state index is 0.173.